The molecular formula is C53H44ClN3O18S2. The van der Waals surface area contributed by atoms with Crippen LogP contribution in [0.5, 0.6) is 28.7 Å². The molecule has 1 aromatic heterocycles. The molecular weight excluding hydrogens is 1070 g/mol. The van der Waals surface area contributed by atoms with Crippen LogP contribution in [-0.2, 0) is 53.4 Å². The van der Waals surface area contributed by atoms with Gasteiger partial charge in [0.2, 0.25) is 12.7 Å². The highest BCUT2D eigenvalue weighted by Gasteiger charge is 2.55. The Kier molecular flexibility index (Phi) is 15.6. The number of β-lactam (4-membered cyclic amide) rings is 1. The van der Waals surface area contributed by atoms with E-state index in [-0.39, 0.29) is 105 Å². The number of amides is 2. The van der Waals surface area contributed by atoms with Crippen LogP contribution in [0.4, 0.5) is 0 Å². The maximum atomic E-state index is 14.0. The van der Waals surface area contributed by atoms with Gasteiger partial charge in [0.1, 0.15) is 57.0 Å². The highest BCUT2D eigenvalue weighted by molar-refractivity contribution is 8.01. The number of carbonyl (C=O) groups is 9. The van der Waals surface area contributed by atoms with Crippen molar-refractivity contribution in [3.05, 3.63) is 127 Å². The molecule has 1 spiro atoms. The van der Waals surface area contributed by atoms with E-state index in [2.05, 4.69) is 10.6 Å². The van der Waals surface area contributed by atoms with Gasteiger partial charge in [-0.15, -0.1) is 23.5 Å². The standard InChI is InChI=1S/C53H44ClN3O18S2/c1-5-6-44(62)73-43-20-40-28(16-39(43)54)15-35(50(65)74-40)47(63)55-14-13-30(61)21-56-45-48(64)57-46(52(67)69-24-68-25(2)58)29(23-77-49(45)57)22-76-33-9-12-36-34(19-33)51(66)75-53(36)37-10-7-31(70-26(3)59)17-41(37)72-42-18-32(71-27(4)60)8-11-38(42)53/h7-12,15-20,45,49,56H,5-6,13-14,21-24H2,1-4H3,(H,55,63). The molecule has 21 nitrogen and oxygen atoms in total. The van der Waals surface area contributed by atoms with Gasteiger partial charge in [0.25, 0.3) is 5.91 Å². The van der Waals surface area contributed by atoms with Gasteiger partial charge in [0, 0.05) is 96.8 Å². The average Bonchev–Trinajstić information content (AvgIpc) is 3.83. The van der Waals surface area contributed by atoms with Crippen molar-refractivity contribution in [2.24, 2.45) is 0 Å². The summed E-state index contributed by atoms with van der Waals surface area (Å²) in [6, 6.07) is 17.5. The number of Topliss-reactive ketones (excluding diaryl/α,β-unsaturated/α-hetero) is 1. The van der Waals surface area contributed by atoms with E-state index in [1.165, 1.54) is 72.6 Å². The lowest BCUT2D eigenvalue weighted by molar-refractivity contribution is -0.166. The molecule has 0 saturated carbocycles. The number of halogens is 1. The molecule has 77 heavy (non-hydrogen) atoms. The number of ether oxygens (including phenoxy) is 7. The summed E-state index contributed by atoms with van der Waals surface area (Å²) >= 11 is 8.87. The monoisotopic (exact) mass is 1110 g/mol. The lowest BCUT2D eigenvalue weighted by Gasteiger charge is -2.50. The number of nitrogens with zero attached hydrogens (tertiary/aromatic N) is 1. The Hall–Kier alpha value is -7.99. The number of fused-ring (bicyclic) bond motifs is 8. The molecule has 2 amide bonds. The van der Waals surface area contributed by atoms with Gasteiger partial charge in [0.05, 0.1) is 17.1 Å². The number of esters is 6. The van der Waals surface area contributed by atoms with Gasteiger partial charge in [0.15, 0.2) is 11.4 Å². The van der Waals surface area contributed by atoms with Crippen LogP contribution < -0.4 is 35.2 Å². The second-order valence-electron chi connectivity index (χ2n) is 17.6. The highest BCUT2D eigenvalue weighted by Crippen LogP contribution is 2.57. The number of thioether (sulfide) groups is 2. The molecule has 0 aliphatic carbocycles. The van der Waals surface area contributed by atoms with E-state index in [1.54, 1.807) is 49.4 Å². The molecule has 5 aromatic rings. The van der Waals surface area contributed by atoms with Gasteiger partial charge in [-0.2, -0.15) is 0 Å². The number of carbonyl (C=O) groups excluding carboxylic acids is 9. The van der Waals surface area contributed by atoms with Gasteiger partial charge >= 0.3 is 41.4 Å². The van der Waals surface area contributed by atoms with Crippen LogP contribution in [0.25, 0.3) is 11.0 Å². The fraction of sp³-hybridized carbons (Fsp3) is 0.283. The number of ketones is 1. The molecule has 0 bridgehead atoms. The van der Waals surface area contributed by atoms with Crippen LogP contribution in [0.3, 0.4) is 0 Å². The molecule has 9 rings (SSSR count). The molecule has 0 radical (unpaired) electrons. The Balaban J connectivity index is 0.870. The molecule has 4 aliphatic heterocycles. The average molecular weight is 1110 g/mol. The number of nitrogens with one attached hydrogen (secondary N) is 2. The van der Waals surface area contributed by atoms with Gasteiger partial charge in [-0.1, -0.05) is 24.6 Å². The molecule has 1 saturated heterocycles. The quantitative estimate of drug-likeness (QED) is 0.0245. The maximum absolute atomic E-state index is 14.0. The summed E-state index contributed by atoms with van der Waals surface area (Å²) in [5.41, 5.74) is -0.896. The van der Waals surface area contributed by atoms with Gasteiger partial charge in [-0.25, -0.2) is 14.4 Å². The predicted octanol–water partition coefficient (Wildman–Crippen LogP) is 6.24. The topological polar surface area (TPSA) is 276 Å². The van der Waals surface area contributed by atoms with Crippen LogP contribution in [0.1, 0.15) is 84.4 Å². The molecule has 5 heterocycles. The van der Waals surface area contributed by atoms with E-state index in [0.717, 1.165) is 6.92 Å². The molecule has 2 atom stereocenters. The lowest BCUT2D eigenvalue weighted by Crippen LogP contribution is -2.70. The zero-order chi connectivity index (χ0) is 54.9. The normalized spacial score (nSPS) is 16.4. The summed E-state index contributed by atoms with van der Waals surface area (Å²) < 4.78 is 43.9. The Morgan fingerprint density at radius 2 is 1.51 bits per heavy atom. The first-order valence-corrected chi connectivity index (χ1v) is 26.1. The third-order valence-corrected chi connectivity index (χ3v) is 15.0. The summed E-state index contributed by atoms with van der Waals surface area (Å²) in [6.07, 6.45) is 0.524. The van der Waals surface area contributed by atoms with Gasteiger partial charge in [-0.05, 0) is 60.5 Å². The Morgan fingerprint density at radius 3 is 2.17 bits per heavy atom. The number of hydrogen-bond donors (Lipinski definition) is 2. The van der Waals surface area contributed by atoms with Crippen molar-refractivity contribution in [1.29, 1.82) is 0 Å². The minimum Gasteiger partial charge on any atom is -0.456 e. The number of benzene rings is 4. The maximum Gasteiger partial charge on any atom is 0.357 e. The van der Waals surface area contributed by atoms with Crippen molar-refractivity contribution >= 4 is 99.5 Å². The molecule has 24 heteroatoms. The number of rotatable bonds is 18. The fourth-order valence-electron chi connectivity index (χ4n) is 8.92. The smallest absolute Gasteiger partial charge is 0.357 e. The predicted molar refractivity (Wildman–Crippen MR) is 273 cm³/mol. The van der Waals surface area contributed by atoms with E-state index in [9.17, 15) is 47.9 Å². The molecule has 2 unspecified atom stereocenters. The molecule has 2 N–H and O–H groups in total. The van der Waals surface area contributed by atoms with E-state index in [1.807, 2.05) is 0 Å². The third kappa shape index (κ3) is 11.0. The first-order chi connectivity index (χ1) is 36.8. The molecule has 4 aromatic carbocycles. The van der Waals surface area contributed by atoms with E-state index in [0.29, 0.717) is 33.6 Å². The molecule has 4 aliphatic rings. The van der Waals surface area contributed by atoms with Crippen molar-refractivity contribution in [3.63, 3.8) is 0 Å². The first-order valence-electron chi connectivity index (χ1n) is 23.7. The zero-order valence-corrected chi connectivity index (χ0v) is 43.6. The van der Waals surface area contributed by atoms with Crippen LogP contribution in [-0.4, -0.2) is 101 Å². The second kappa shape index (κ2) is 22.3. The molecule has 398 valence electrons. The Bertz CT molecular complexity index is 3400. The Morgan fingerprint density at radius 1 is 0.818 bits per heavy atom. The van der Waals surface area contributed by atoms with Gasteiger partial charge < -0.3 is 42.9 Å². The minimum atomic E-state index is -1.54. The van der Waals surface area contributed by atoms with Crippen LogP contribution in [0, 0.1) is 0 Å². The summed E-state index contributed by atoms with van der Waals surface area (Å²) in [5.74, 6) is -4.58. The lowest BCUT2D eigenvalue weighted by atomic mass is 9.77. The third-order valence-electron chi connectivity index (χ3n) is 12.3. The molecule has 1 fully saturated rings. The van der Waals surface area contributed by atoms with Crippen molar-refractivity contribution in [2.75, 3.05) is 31.4 Å². The van der Waals surface area contributed by atoms with Gasteiger partial charge in [-0.3, -0.25) is 43.8 Å². The van der Waals surface area contributed by atoms with Crippen molar-refractivity contribution in [1.82, 2.24) is 15.5 Å². The van der Waals surface area contributed by atoms with E-state index in [4.69, 9.17) is 49.2 Å². The summed E-state index contributed by atoms with van der Waals surface area (Å²) in [6.45, 7) is 4.27. The summed E-state index contributed by atoms with van der Waals surface area (Å²) in [5, 5.41) is 5.16. The van der Waals surface area contributed by atoms with E-state index < -0.39 is 77.1 Å². The highest BCUT2D eigenvalue weighted by atomic mass is 35.5. The van der Waals surface area contributed by atoms with Crippen molar-refractivity contribution in [2.45, 2.75) is 68.9 Å². The van der Waals surface area contributed by atoms with Crippen molar-refractivity contribution < 1.29 is 80.7 Å². The zero-order valence-electron chi connectivity index (χ0n) is 41.2. The fourth-order valence-corrected chi connectivity index (χ4v) is 11.6. The minimum absolute atomic E-state index is 0.00485. The second-order valence-corrected chi connectivity index (χ2v) is 20.2. The number of hydrogen-bond acceptors (Lipinski definition) is 21. The van der Waals surface area contributed by atoms with Crippen molar-refractivity contribution in [3.8, 4) is 28.7 Å². The van der Waals surface area contributed by atoms with Crippen LogP contribution in [0.2, 0.25) is 5.02 Å². The SMILES string of the molecule is CCCC(=O)Oc1cc2oc(=O)c(C(=O)NCCC(=O)CNC3C(=O)N4C(C(=O)OCOC(C)=O)=C(CSc5ccc6c(c5)C(=O)OC65c6ccc(OC(C)=O)cc6Oc6cc(OC(C)=O)ccc65)CSC34)cc2cc1Cl. The summed E-state index contributed by atoms with van der Waals surface area (Å²) in [4.78, 5) is 129. The van der Waals surface area contributed by atoms with E-state index >= 15 is 0 Å². The Labute approximate surface area is 450 Å². The first kappa shape index (κ1) is 53.8. The largest absolute Gasteiger partial charge is 0.456 e. The summed E-state index contributed by atoms with van der Waals surface area (Å²) in [7, 11) is 0. The van der Waals surface area contributed by atoms with Crippen LogP contribution >= 0.6 is 35.1 Å². The van der Waals surface area contributed by atoms with Crippen LogP contribution in [0.15, 0.2) is 98.2 Å².